The van der Waals surface area contributed by atoms with Crippen molar-refractivity contribution in [2.24, 2.45) is 11.7 Å². The summed E-state index contributed by atoms with van der Waals surface area (Å²) in [6.45, 7) is 3.27. The zero-order valence-electron chi connectivity index (χ0n) is 9.15. The zero-order valence-corrected chi connectivity index (χ0v) is 9.15. The first-order valence-electron chi connectivity index (χ1n) is 5.87. The molecule has 2 aliphatic heterocycles. The van der Waals surface area contributed by atoms with Gasteiger partial charge in [0.05, 0.1) is 0 Å². The monoisotopic (exact) mass is 212 g/mol. The number of hydrogen-bond acceptors (Lipinski definition) is 3. The first-order chi connectivity index (χ1) is 7.25. The summed E-state index contributed by atoms with van der Waals surface area (Å²) in [5.74, 6) is 0.741. The fraction of sp³-hybridized carbons (Fsp3) is 0.909. The summed E-state index contributed by atoms with van der Waals surface area (Å²) < 4.78 is 5.27. The lowest BCUT2D eigenvalue weighted by Gasteiger charge is -2.30. The summed E-state index contributed by atoms with van der Waals surface area (Å²) >= 11 is 0. The molecule has 1 amide bonds. The Balaban J connectivity index is 1.75. The third kappa shape index (κ3) is 2.92. The van der Waals surface area contributed by atoms with E-state index in [-0.39, 0.29) is 5.91 Å². The van der Waals surface area contributed by atoms with Crippen LogP contribution >= 0.6 is 0 Å². The highest BCUT2D eigenvalue weighted by Gasteiger charge is 2.25. The third-order valence-corrected chi connectivity index (χ3v) is 3.38. The van der Waals surface area contributed by atoms with Crippen LogP contribution in [0.25, 0.3) is 0 Å². The van der Waals surface area contributed by atoms with Gasteiger partial charge >= 0.3 is 0 Å². The standard InChI is InChI=1S/C11H20N2O2/c12-10-1-4-13(5-2-10)11(14)7-9-3-6-15-8-9/h9-10H,1-8,12H2. The molecule has 2 N–H and O–H groups in total. The Morgan fingerprint density at radius 3 is 2.67 bits per heavy atom. The maximum absolute atomic E-state index is 11.9. The minimum absolute atomic E-state index is 0.289. The molecule has 2 saturated heterocycles. The van der Waals surface area contributed by atoms with Crippen LogP contribution in [0.4, 0.5) is 0 Å². The van der Waals surface area contributed by atoms with E-state index < -0.39 is 0 Å². The second-order valence-corrected chi connectivity index (χ2v) is 4.65. The van der Waals surface area contributed by atoms with E-state index in [0.29, 0.717) is 18.4 Å². The largest absolute Gasteiger partial charge is 0.381 e. The lowest BCUT2D eigenvalue weighted by Crippen LogP contribution is -2.43. The number of rotatable bonds is 2. The zero-order chi connectivity index (χ0) is 10.7. The number of likely N-dealkylation sites (tertiary alicyclic amines) is 1. The van der Waals surface area contributed by atoms with Crippen LogP contribution in [0.15, 0.2) is 0 Å². The van der Waals surface area contributed by atoms with Crippen molar-refractivity contribution in [3.63, 3.8) is 0 Å². The van der Waals surface area contributed by atoms with E-state index in [0.717, 1.165) is 45.6 Å². The van der Waals surface area contributed by atoms with Crippen LogP contribution in [0.1, 0.15) is 25.7 Å². The van der Waals surface area contributed by atoms with E-state index in [1.165, 1.54) is 0 Å². The van der Waals surface area contributed by atoms with Gasteiger partial charge in [-0.3, -0.25) is 4.79 Å². The molecule has 0 aliphatic carbocycles. The first-order valence-corrected chi connectivity index (χ1v) is 5.87. The van der Waals surface area contributed by atoms with Gasteiger partial charge in [-0.2, -0.15) is 0 Å². The second-order valence-electron chi connectivity index (χ2n) is 4.65. The molecule has 1 unspecified atom stereocenters. The molecule has 2 rings (SSSR count). The molecule has 2 aliphatic rings. The van der Waals surface area contributed by atoms with Crippen molar-refractivity contribution in [2.45, 2.75) is 31.7 Å². The molecule has 0 bridgehead atoms. The predicted octanol–water partition coefficient (Wildman–Crippen LogP) is 0.363. The maximum Gasteiger partial charge on any atom is 0.222 e. The van der Waals surface area contributed by atoms with Crippen molar-refractivity contribution in [3.8, 4) is 0 Å². The Kier molecular flexibility index (Phi) is 3.59. The smallest absolute Gasteiger partial charge is 0.222 e. The van der Waals surface area contributed by atoms with Gasteiger partial charge in [-0.15, -0.1) is 0 Å². The Hall–Kier alpha value is -0.610. The van der Waals surface area contributed by atoms with Gasteiger partial charge in [-0.05, 0) is 25.2 Å². The van der Waals surface area contributed by atoms with Crippen molar-refractivity contribution in [3.05, 3.63) is 0 Å². The number of carbonyl (C=O) groups is 1. The molecule has 1 atom stereocenters. The first kappa shape index (κ1) is 10.9. The summed E-state index contributed by atoms with van der Waals surface area (Å²) in [5.41, 5.74) is 5.80. The molecule has 4 heteroatoms. The molecule has 2 fully saturated rings. The van der Waals surface area contributed by atoms with Crippen molar-refractivity contribution >= 4 is 5.91 Å². The molecule has 0 radical (unpaired) electrons. The van der Waals surface area contributed by atoms with Crippen LogP contribution in [0.2, 0.25) is 0 Å². The topological polar surface area (TPSA) is 55.6 Å². The van der Waals surface area contributed by atoms with E-state index in [4.69, 9.17) is 10.5 Å². The average Bonchev–Trinajstić information content (AvgIpc) is 2.71. The summed E-state index contributed by atoms with van der Waals surface area (Å²) in [4.78, 5) is 13.9. The van der Waals surface area contributed by atoms with Gasteiger partial charge in [-0.1, -0.05) is 0 Å². The number of carbonyl (C=O) groups excluding carboxylic acids is 1. The summed E-state index contributed by atoms with van der Waals surface area (Å²) in [6, 6.07) is 0.295. The second kappa shape index (κ2) is 4.94. The Labute approximate surface area is 90.8 Å². The summed E-state index contributed by atoms with van der Waals surface area (Å²) in [5, 5.41) is 0. The Morgan fingerprint density at radius 2 is 2.07 bits per heavy atom. The quantitative estimate of drug-likeness (QED) is 0.719. The van der Waals surface area contributed by atoms with Crippen molar-refractivity contribution in [1.29, 1.82) is 0 Å². The van der Waals surface area contributed by atoms with Crippen LogP contribution in [0.3, 0.4) is 0 Å². The molecule has 0 saturated carbocycles. The van der Waals surface area contributed by atoms with E-state index in [1.54, 1.807) is 0 Å². The van der Waals surface area contributed by atoms with Gasteiger partial charge in [0.1, 0.15) is 0 Å². The lowest BCUT2D eigenvalue weighted by molar-refractivity contribution is -0.133. The highest BCUT2D eigenvalue weighted by molar-refractivity contribution is 5.76. The van der Waals surface area contributed by atoms with Crippen LogP contribution < -0.4 is 5.73 Å². The summed E-state index contributed by atoms with van der Waals surface area (Å²) in [6.07, 6.45) is 3.61. The molecule has 2 heterocycles. The molecule has 0 aromatic heterocycles. The molecular formula is C11H20N2O2. The van der Waals surface area contributed by atoms with Crippen molar-refractivity contribution in [2.75, 3.05) is 26.3 Å². The minimum Gasteiger partial charge on any atom is -0.381 e. The lowest BCUT2D eigenvalue weighted by atomic mass is 10.0. The van der Waals surface area contributed by atoms with Crippen molar-refractivity contribution in [1.82, 2.24) is 4.90 Å². The van der Waals surface area contributed by atoms with Gasteiger partial charge in [0.2, 0.25) is 5.91 Å². The predicted molar refractivity (Wildman–Crippen MR) is 57.3 cm³/mol. The van der Waals surface area contributed by atoms with Gasteiger partial charge < -0.3 is 15.4 Å². The van der Waals surface area contributed by atoms with Crippen LogP contribution in [-0.4, -0.2) is 43.2 Å². The molecule has 86 valence electrons. The van der Waals surface area contributed by atoms with E-state index in [1.807, 2.05) is 4.90 Å². The molecule has 0 aromatic carbocycles. The molecule has 4 nitrogen and oxygen atoms in total. The molecular weight excluding hydrogens is 192 g/mol. The highest BCUT2D eigenvalue weighted by atomic mass is 16.5. The Bertz CT molecular complexity index is 219. The number of amides is 1. The molecule has 0 spiro atoms. The van der Waals surface area contributed by atoms with Crippen LogP contribution in [-0.2, 0) is 9.53 Å². The number of piperidine rings is 1. The third-order valence-electron chi connectivity index (χ3n) is 3.38. The number of hydrogen-bond donors (Lipinski definition) is 1. The fourth-order valence-corrected chi connectivity index (χ4v) is 2.27. The highest BCUT2D eigenvalue weighted by Crippen LogP contribution is 2.19. The number of nitrogens with zero attached hydrogens (tertiary/aromatic N) is 1. The van der Waals surface area contributed by atoms with Gasteiger partial charge in [-0.25, -0.2) is 0 Å². The van der Waals surface area contributed by atoms with E-state index in [9.17, 15) is 4.79 Å². The minimum atomic E-state index is 0.289. The maximum atomic E-state index is 11.9. The molecule has 15 heavy (non-hydrogen) atoms. The SMILES string of the molecule is NC1CCN(C(=O)CC2CCOC2)CC1. The number of ether oxygens (including phenoxy) is 1. The summed E-state index contributed by atoms with van der Waals surface area (Å²) in [7, 11) is 0. The molecule has 0 aromatic rings. The number of nitrogens with two attached hydrogens (primary N) is 1. The van der Waals surface area contributed by atoms with E-state index in [2.05, 4.69) is 0 Å². The fourth-order valence-electron chi connectivity index (χ4n) is 2.27. The van der Waals surface area contributed by atoms with Gasteiger partial charge in [0, 0.05) is 38.8 Å². The van der Waals surface area contributed by atoms with Gasteiger partial charge in [0.15, 0.2) is 0 Å². The normalized spacial score (nSPS) is 28.3. The van der Waals surface area contributed by atoms with Crippen LogP contribution in [0, 0.1) is 5.92 Å². The van der Waals surface area contributed by atoms with E-state index >= 15 is 0 Å². The Morgan fingerprint density at radius 1 is 1.33 bits per heavy atom. The van der Waals surface area contributed by atoms with Crippen molar-refractivity contribution < 1.29 is 9.53 Å². The average molecular weight is 212 g/mol. The van der Waals surface area contributed by atoms with Crippen LogP contribution in [0.5, 0.6) is 0 Å². The van der Waals surface area contributed by atoms with Gasteiger partial charge in [0.25, 0.3) is 0 Å².